The van der Waals surface area contributed by atoms with Gasteiger partial charge in [-0.25, -0.2) is 4.98 Å². The maximum atomic E-state index is 10.7. The third kappa shape index (κ3) is 4.08. The Balaban J connectivity index is 2.23. The van der Waals surface area contributed by atoms with Gasteiger partial charge < -0.3 is 5.11 Å². The summed E-state index contributed by atoms with van der Waals surface area (Å²) in [5, 5.41) is 12.1. The molecule has 0 saturated heterocycles. The van der Waals surface area contributed by atoms with Crippen LogP contribution in [0, 0.1) is 0 Å². The molecular formula is C15H17NO2S2. The molecule has 0 bridgehead atoms. The molecule has 0 aliphatic heterocycles. The predicted octanol–water partition coefficient (Wildman–Crippen LogP) is 4.08. The summed E-state index contributed by atoms with van der Waals surface area (Å²) in [5.74, 6) is 0.104. The summed E-state index contributed by atoms with van der Waals surface area (Å²) in [6.07, 6.45) is -0.0145. The third-order valence-corrected chi connectivity index (χ3v) is 4.77. The zero-order chi connectivity index (χ0) is 14.5. The number of aliphatic carboxylic acids is 1. The normalized spacial score (nSPS) is 10.9. The summed E-state index contributed by atoms with van der Waals surface area (Å²) < 4.78 is 0. The van der Waals surface area contributed by atoms with Crippen LogP contribution in [0.25, 0.3) is 10.6 Å². The fourth-order valence-electron chi connectivity index (χ4n) is 1.78. The van der Waals surface area contributed by atoms with Crippen LogP contribution in [0.2, 0.25) is 0 Å². The van der Waals surface area contributed by atoms with Crippen LogP contribution in [0.1, 0.15) is 25.1 Å². The lowest BCUT2D eigenvalue weighted by Gasteiger charge is -2.08. The Morgan fingerprint density at radius 3 is 2.85 bits per heavy atom. The van der Waals surface area contributed by atoms with Gasteiger partial charge in [-0.15, -0.1) is 11.3 Å². The number of nitrogens with zero attached hydrogens (tertiary/aromatic N) is 1. The van der Waals surface area contributed by atoms with E-state index in [1.165, 1.54) is 16.9 Å². The molecule has 0 fully saturated rings. The van der Waals surface area contributed by atoms with Gasteiger partial charge in [-0.05, 0) is 10.8 Å². The molecule has 0 amide bonds. The quantitative estimate of drug-likeness (QED) is 0.873. The van der Waals surface area contributed by atoms with E-state index in [9.17, 15) is 4.79 Å². The maximum absolute atomic E-state index is 10.7. The van der Waals surface area contributed by atoms with E-state index in [4.69, 9.17) is 5.11 Å². The van der Waals surface area contributed by atoms with Gasteiger partial charge in [-0.2, -0.15) is 11.8 Å². The largest absolute Gasteiger partial charge is 0.481 e. The van der Waals surface area contributed by atoms with Crippen molar-refractivity contribution in [1.29, 1.82) is 0 Å². The van der Waals surface area contributed by atoms with Crippen molar-refractivity contribution in [2.75, 3.05) is 0 Å². The first-order valence-electron chi connectivity index (χ1n) is 6.42. The molecule has 3 nitrogen and oxygen atoms in total. The van der Waals surface area contributed by atoms with E-state index < -0.39 is 5.97 Å². The van der Waals surface area contributed by atoms with Gasteiger partial charge >= 0.3 is 5.97 Å². The Labute approximate surface area is 127 Å². The number of carbonyl (C=O) groups is 1. The van der Waals surface area contributed by atoms with Gasteiger partial charge in [-0.1, -0.05) is 38.1 Å². The van der Waals surface area contributed by atoms with Crippen LogP contribution in [0.4, 0.5) is 0 Å². The lowest BCUT2D eigenvalue weighted by molar-refractivity contribution is -0.136. The molecule has 1 aromatic heterocycles. The Morgan fingerprint density at radius 1 is 1.40 bits per heavy atom. The van der Waals surface area contributed by atoms with E-state index >= 15 is 0 Å². The third-order valence-electron chi connectivity index (χ3n) is 2.70. The Bertz CT molecular complexity index is 593. The van der Waals surface area contributed by atoms with Crippen molar-refractivity contribution < 1.29 is 9.90 Å². The van der Waals surface area contributed by atoms with Crippen molar-refractivity contribution in [2.24, 2.45) is 0 Å². The number of carboxylic acids is 1. The summed E-state index contributed by atoms with van der Waals surface area (Å²) in [5.41, 5.74) is 2.99. The fraction of sp³-hybridized carbons (Fsp3) is 0.333. The summed E-state index contributed by atoms with van der Waals surface area (Å²) in [4.78, 5) is 15.2. The van der Waals surface area contributed by atoms with Gasteiger partial charge in [0.05, 0.1) is 12.1 Å². The van der Waals surface area contributed by atoms with Crippen molar-refractivity contribution >= 4 is 29.1 Å². The second kappa shape index (κ2) is 6.90. The number of aromatic nitrogens is 1. The average molecular weight is 307 g/mol. The van der Waals surface area contributed by atoms with Crippen LogP contribution in [-0.4, -0.2) is 21.3 Å². The lowest BCUT2D eigenvalue weighted by atomic mass is 10.1. The number of carboxylic acid groups (broad SMARTS) is 1. The van der Waals surface area contributed by atoms with Crippen molar-refractivity contribution in [2.45, 2.75) is 31.3 Å². The molecule has 0 spiro atoms. The minimum absolute atomic E-state index is 0.0145. The summed E-state index contributed by atoms with van der Waals surface area (Å²) in [6, 6.07) is 8.20. The Kier molecular flexibility index (Phi) is 5.20. The van der Waals surface area contributed by atoms with E-state index in [1.807, 2.05) is 29.3 Å². The minimum Gasteiger partial charge on any atom is -0.481 e. The zero-order valence-electron chi connectivity index (χ0n) is 11.5. The summed E-state index contributed by atoms with van der Waals surface area (Å²) >= 11 is 3.40. The maximum Gasteiger partial charge on any atom is 0.309 e. The van der Waals surface area contributed by atoms with E-state index in [0.29, 0.717) is 10.9 Å². The van der Waals surface area contributed by atoms with Crippen LogP contribution in [0.3, 0.4) is 0 Å². The molecule has 20 heavy (non-hydrogen) atoms. The number of hydrogen-bond donors (Lipinski definition) is 1. The number of thioether (sulfide) groups is 1. The van der Waals surface area contributed by atoms with Crippen molar-refractivity contribution in [3.8, 4) is 10.6 Å². The molecule has 0 unspecified atom stereocenters. The second-order valence-corrected chi connectivity index (χ2v) is 7.15. The second-order valence-electron chi connectivity index (χ2n) is 4.73. The lowest BCUT2D eigenvalue weighted by Crippen LogP contribution is -2.00. The number of hydrogen-bond acceptors (Lipinski definition) is 4. The molecule has 2 aromatic rings. The molecule has 0 saturated carbocycles. The SMILES string of the molecule is CC(C)SCc1ccccc1-c1nc(CC(=O)O)cs1. The van der Waals surface area contributed by atoms with Gasteiger partial charge in [0.25, 0.3) is 0 Å². The van der Waals surface area contributed by atoms with Gasteiger partial charge in [-0.3, -0.25) is 4.79 Å². The van der Waals surface area contributed by atoms with E-state index in [2.05, 4.69) is 31.0 Å². The molecule has 0 aliphatic rings. The standard InChI is InChI=1S/C15H17NO2S2/c1-10(2)19-8-11-5-3-4-6-13(11)15-16-12(9-20-15)7-14(17)18/h3-6,9-10H,7-8H2,1-2H3,(H,17,18). The van der Waals surface area contributed by atoms with Gasteiger partial charge in [0.15, 0.2) is 0 Å². The van der Waals surface area contributed by atoms with Gasteiger partial charge in [0, 0.05) is 16.7 Å². The highest BCUT2D eigenvalue weighted by Gasteiger charge is 2.11. The average Bonchev–Trinajstić information content (AvgIpc) is 2.84. The topological polar surface area (TPSA) is 50.2 Å². The van der Waals surface area contributed by atoms with Crippen molar-refractivity contribution in [1.82, 2.24) is 4.98 Å². The monoisotopic (exact) mass is 307 g/mol. The van der Waals surface area contributed by atoms with E-state index in [-0.39, 0.29) is 6.42 Å². The highest BCUT2D eigenvalue weighted by atomic mass is 32.2. The first kappa shape index (κ1) is 15.1. The molecule has 5 heteroatoms. The number of thiazole rings is 1. The Morgan fingerprint density at radius 2 is 2.15 bits per heavy atom. The molecular weight excluding hydrogens is 290 g/mol. The predicted molar refractivity (Wildman–Crippen MR) is 85.3 cm³/mol. The van der Waals surface area contributed by atoms with Crippen LogP contribution in [0.15, 0.2) is 29.6 Å². The fourth-order valence-corrected chi connectivity index (χ4v) is 3.42. The van der Waals surface area contributed by atoms with Gasteiger partial charge in [0.2, 0.25) is 0 Å². The first-order chi connectivity index (χ1) is 9.56. The van der Waals surface area contributed by atoms with E-state index in [0.717, 1.165) is 16.3 Å². The smallest absolute Gasteiger partial charge is 0.309 e. The highest BCUT2D eigenvalue weighted by molar-refractivity contribution is 7.99. The van der Waals surface area contributed by atoms with Crippen molar-refractivity contribution in [3.63, 3.8) is 0 Å². The molecule has 2 rings (SSSR count). The van der Waals surface area contributed by atoms with Crippen LogP contribution in [0.5, 0.6) is 0 Å². The zero-order valence-corrected chi connectivity index (χ0v) is 13.1. The number of rotatable bonds is 6. The summed E-state index contributed by atoms with van der Waals surface area (Å²) in [7, 11) is 0. The molecule has 0 atom stereocenters. The van der Waals surface area contributed by atoms with Crippen molar-refractivity contribution in [3.05, 3.63) is 40.9 Å². The highest BCUT2D eigenvalue weighted by Crippen LogP contribution is 2.30. The van der Waals surface area contributed by atoms with Crippen LogP contribution in [-0.2, 0) is 17.0 Å². The van der Waals surface area contributed by atoms with Gasteiger partial charge in [0.1, 0.15) is 5.01 Å². The first-order valence-corrected chi connectivity index (χ1v) is 8.35. The summed E-state index contributed by atoms with van der Waals surface area (Å²) in [6.45, 7) is 4.36. The molecule has 0 aliphatic carbocycles. The van der Waals surface area contributed by atoms with Crippen LogP contribution >= 0.6 is 23.1 Å². The number of benzene rings is 1. The molecule has 1 aromatic carbocycles. The van der Waals surface area contributed by atoms with E-state index in [1.54, 1.807) is 0 Å². The Hall–Kier alpha value is -1.33. The molecule has 106 valence electrons. The minimum atomic E-state index is -0.842. The van der Waals surface area contributed by atoms with Crippen LogP contribution < -0.4 is 0 Å². The molecule has 1 N–H and O–H groups in total. The molecule has 1 heterocycles. The molecule has 0 radical (unpaired) electrons.